The second kappa shape index (κ2) is 16.0. The highest BCUT2D eigenvalue weighted by atomic mass is 15.0. The molecule has 290 valence electrons. The summed E-state index contributed by atoms with van der Waals surface area (Å²) in [7, 11) is 0. The molecule has 11 aromatic rings. The van der Waals surface area contributed by atoms with Gasteiger partial charge in [0.25, 0.3) is 0 Å². The summed E-state index contributed by atoms with van der Waals surface area (Å²) in [6.07, 6.45) is 3.72. The van der Waals surface area contributed by atoms with Crippen LogP contribution in [0.3, 0.4) is 0 Å². The molecule has 0 fully saturated rings. The monoisotopic (exact) mass is 791 g/mol. The first kappa shape index (κ1) is 36.7. The van der Waals surface area contributed by atoms with E-state index in [1.165, 1.54) is 32.7 Å². The zero-order valence-corrected chi connectivity index (χ0v) is 33.6. The molecule has 0 amide bonds. The summed E-state index contributed by atoms with van der Waals surface area (Å²) < 4.78 is 0. The third kappa shape index (κ3) is 6.97. The van der Waals surface area contributed by atoms with Gasteiger partial charge in [0.05, 0.1) is 11.4 Å². The predicted molar refractivity (Wildman–Crippen MR) is 254 cm³/mol. The quantitative estimate of drug-likeness (QED) is 0.143. The Bertz CT molecular complexity index is 3290. The average Bonchev–Trinajstić information content (AvgIpc) is 3.36. The first-order chi connectivity index (χ1) is 30.7. The molecule has 0 N–H and O–H groups in total. The van der Waals surface area contributed by atoms with Crippen LogP contribution in [0.15, 0.2) is 225 Å². The highest BCUT2D eigenvalue weighted by Gasteiger charge is 2.18. The minimum Gasteiger partial charge on any atom is -0.255 e. The standard InChI is InChI=1S/C57H37N5/c1-3-14-38(15-4-1)44-18-13-19-45(36-44)57-61-55(42-16-5-2-6-17-42)60-56(62-57)43-31-29-41(30-32-43)54-49-22-9-7-20-47(49)53(48-21-8-10-23-50(48)54)40-27-25-39(26-28-40)46-33-34-52(59-37-46)51-24-11-12-35-58-51/h1-37H. The molecule has 0 spiro atoms. The van der Waals surface area contributed by atoms with E-state index >= 15 is 0 Å². The van der Waals surface area contributed by atoms with E-state index in [0.717, 1.165) is 61.5 Å². The summed E-state index contributed by atoms with van der Waals surface area (Å²) >= 11 is 0. The van der Waals surface area contributed by atoms with E-state index in [-0.39, 0.29) is 0 Å². The van der Waals surface area contributed by atoms with Crippen LogP contribution >= 0.6 is 0 Å². The third-order valence-electron chi connectivity index (χ3n) is 11.5. The van der Waals surface area contributed by atoms with Crippen LogP contribution in [0.25, 0.3) is 112 Å². The minimum atomic E-state index is 0.624. The molecule has 0 aliphatic rings. The van der Waals surface area contributed by atoms with Crippen molar-refractivity contribution in [2.75, 3.05) is 0 Å². The van der Waals surface area contributed by atoms with Crippen molar-refractivity contribution in [3.63, 3.8) is 0 Å². The smallest absolute Gasteiger partial charge is 0.164 e. The summed E-state index contributed by atoms with van der Waals surface area (Å²) in [5.74, 6) is 1.89. The van der Waals surface area contributed by atoms with E-state index in [1.54, 1.807) is 6.20 Å². The van der Waals surface area contributed by atoms with Crippen molar-refractivity contribution in [2.45, 2.75) is 0 Å². The SMILES string of the molecule is c1ccc(-c2cccc(-c3nc(-c4ccccc4)nc(-c4ccc(-c5c6ccccc6c(-c6ccc(-c7ccc(-c8ccccn8)nc7)cc6)c6ccccc56)cc4)n3)c2)cc1. The maximum absolute atomic E-state index is 5.10. The zero-order chi connectivity index (χ0) is 41.2. The average molecular weight is 792 g/mol. The number of rotatable bonds is 8. The van der Waals surface area contributed by atoms with Crippen molar-refractivity contribution < 1.29 is 0 Å². The van der Waals surface area contributed by atoms with E-state index in [9.17, 15) is 0 Å². The maximum atomic E-state index is 5.10. The number of hydrogen-bond donors (Lipinski definition) is 0. The maximum Gasteiger partial charge on any atom is 0.164 e. The van der Waals surface area contributed by atoms with Crippen LogP contribution in [0.4, 0.5) is 0 Å². The van der Waals surface area contributed by atoms with Gasteiger partial charge < -0.3 is 0 Å². The summed E-state index contributed by atoms with van der Waals surface area (Å²) in [6.45, 7) is 0. The van der Waals surface area contributed by atoms with Crippen LogP contribution in [0.2, 0.25) is 0 Å². The van der Waals surface area contributed by atoms with Gasteiger partial charge in [-0.1, -0.05) is 188 Å². The van der Waals surface area contributed by atoms with Crippen molar-refractivity contribution in [3.05, 3.63) is 225 Å². The molecule has 0 aliphatic heterocycles. The van der Waals surface area contributed by atoms with Gasteiger partial charge in [-0.2, -0.15) is 0 Å². The molecule has 0 saturated heterocycles. The fourth-order valence-corrected chi connectivity index (χ4v) is 8.42. The molecule has 0 unspecified atom stereocenters. The second-order valence-electron chi connectivity index (χ2n) is 15.3. The number of nitrogens with zero attached hydrogens (tertiary/aromatic N) is 5. The zero-order valence-electron chi connectivity index (χ0n) is 33.6. The molecule has 3 heterocycles. The molecule has 0 atom stereocenters. The van der Waals surface area contributed by atoms with Crippen molar-refractivity contribution in [1.29, 1.82) is 0 Å². The second-order valence-corrected chi connectivity index (χ2v) is 15.3. The van der Waals surface area contributed by atoms with E-state index in [4.69, 9.17) is 19.9 Å². The number of benzene rings is 8. The van der Waals surface area contributed by atoms with Gasteiger partial charge in [-0.3, -0.25) is 9.97 Å². The van der Waals surface area contributed by atoms with Gasteiger partial charge in [0.15, 0.2) is 17.5 Å². The Morgan fingerprint density at radius 1 is 0.242 bits per heavy atom. The van der Waals surface area contributed by atoms with Crippen molar-refractivity contribution in [3.8, 4) is 90.1 Å². The van der Waals surface area contributed by atoms with E-state index in [2.05, 4.69) is 157 Å². The lowest BCUT2D eigenvalue weighted by Gasteiger charge is -2.18. The summed E-state index contributed by atoms with van der Waals surface area (Å²) in [5.41, 5.74) is 13.6. The van der Waals surface area contributed by atoms with Gasteiger partial charge in [-0.05, 0) is 84.8 Å². The van der Waals surface area contributed by atoms with Crippen LogP contribution in [-0.2, 0) is 0 Å². The van der Waals surface area contributed by atoms with Gasteiger partial charge >= 0.3 is 0 Å². The lowest BCUT2D eigenvalue weighted by Crippen LogP contribution is -2.00. The Morgan fingerprint density at radius 2 is 0.645 bits per heavy atom. The molecule has 0 radical (unpaired) electrons. The number of aromatic nitrogens is 5. The van der Waals surface area contributed by atoms with Gasteiger partial charge in [-0.25, -0.2) is 15.0 Å². The highest BCUT2D eigenvalue weighted by Crippen LogP contribution is 2.44. The van der Waals surface area contributed by atoms with Gasteiger partial charge in [0, 0.05) is 34.6 Å². The van der Waals surface area contributed by atoms with Crippen LogP contribution in [-0.4, -0.2) is 24.9 Å². The van der Waals surface area contributed by atoms with Gasteiger partial charge in [-0.15, -0.1) is 0 Å². The Kier molecular flexibility index (Phi) is 9.45. The largest absolute Gasteiger partial charge is 0.255 e. The fraction of sp³-hybridized carbons (Fsp3) is 0. The number of fused-ring (bicyclic) bond motifs is 2. The lowest BCUT2D eigenvalue weighted by molar-refractivity contribution is 1.07. The Morgan fingerprint density at radius 3 is 1.18 bits per heavy atom. The molecule has 11 rings (SSSR count). The first-order valence-electron chi connectivity index (χ1n) is 20.7. The normalized spacial score (nSPS) is 11.2. The predicted octanol–water partition coefficient (Wildman–Crippen LogP) is 14.3. The highest BCUT2D eigenvalue weighted by molar-refractivity contribution is 6.21. The number of pyridine rings is 2. The Hall–Kier alpha value is -8.41. The molecular weight excluding hydrogens is 755 g/mol. The molecule has 0 bridgehead atoms. The van der Waals surface area contributed by atoms with Gasteiger partial charge in [0.1, 0.15) is 0 Å². The van der Waals surface area contributed by atoms with Crippen LogP contribution < -0.4 is 0 Å². The van der Waals surface area contributed by atoms with Crippen LogP contribution in [0.5, 0.6) is 0 Å². The van der Waals surface area contributed by atoms with Crippen LogP contribution in [0, 0.1) is 0 Å². The summed E-state index contributed by atoms with van der Waals surface area (Å²) in [5, 5.41) is 4.79. The van der Waals surface area contributed by atoms with Crippen molar-refractivity contribution in [1.82, 2.24) is 24.9 Å². The number of hydrogen-bond acceptors (Lipinski definition) is 5. The lowest BCUT2D eigenvalue weighted by atomic mass is 9.85. The Balaban J connectivity index is 0.975. The molecule has 8 aromatic carbocycles. The van der Waals surface area contributed by atoms with Gasteiger partial charge in [0.2, 0.25) is 0 Å². The van der Waals surface area contributed by atoms with E-state index in [0.29, 0.717) is 17.5 Å². The summed E-state index contributed by atoms with van der Waals surface area (Å²) in [6, 6.07) is 74.0. The van der Waals surface area contributed by atoms with Crippen molar-refractivity contribution >= 4 is 21.5 Å². The Labute approximate surface area is 359 Å². The molecule has 0 saturated carbocycles. The molecule has 0 aliphatic carbocycles. The first-order valence-corrected chi connectivity index (χ1v) is 20.7. The molecular formula is C57H37N5. The van der Waals surface area contributed by atoms with Crippen molar-refractivity contribution in [2.24, 2.45) is 0 Å². The molecule has 5 nitrogen and oxygen atoms in total. The third-order valence-corrected chi connectivity index (χ3v) is 11.5. The summed E-state index contributed by atoms with van der Waals surface area (Å²) in [4.78, 5) is 24.3. The topological polar surface area (TPSA) is 64.5 Å². The van der Waals surface area contributed by atoms with E-state index < -0.39 is 0 Å². The van der Waals surface area contributed by atoms with Crippen LogP contribution in [0.1, 0.15) is 0 Å². The molecule has 62 heavy (non-hydrogen) atoms. The molecule has 3 aromatic heterocycles. The molecule has 5 heteroatoms. The van der Waals surface area contributed by atoms with E-state index in [1.807, 2.05) is 66.9 Å². The fourth-order valence-electron chi connectivity index (χ4n) is 8.42. The minimum absolute atomic E-state index is 0.624.